The summed E-state index contributed by atoms with van der Waals surface area (Å²) in [7, 11) is 0. The number of carboxylic acid groups (broad SMARTS) is 1. The van der Waals surface area contributed by atoms with Crippen molar-refractivity contribution < 1.29 is 29.3 Å². The number of hydrogen-bond donors (Lipinski definition) is 3. The summed E-state index contributed by atoms with van der Waals surface area (Å²) in [6.07, 6.45) is -1.50. The van der Waals surface area contributed by atoms with E-state index in [1.165, 1.54) is 4.90 Å². The number of esters is 1. The van der Waals surface area contributed by atoms with E-state index >= 15 is 0 Å². The maximum Gasteiger partial charge on any atom is 0.337 e. The van der Waals surface area contributed by atoms with E-state index in [1.807, 2.05) is 86.6 Å². The normalized spacial score (nSPS) is 12.4. The first-order valence-corrected chi connectivity index (χ1v) is 12.5. The molecule has 2 amide bonds. The molecule has 3 aromatic rings. The van der Waals surface area contributed by atoms with Gasteiger partial charge in [0.2, 0.25) is 0 Å². The smallest absolute Gasteiger partial charge is 0.337 e. The van der Waals surface area contributed by atoms with E-state index in [9.17, 15) is 24.6 Å². The van der Waals surface area contributed by atoms with Crippen LogP contribution in [0.3, 0.4) is 0 Å². The minimum atomic E-state index is -1.57. The lowest BCUT2D eigenvalue weighted by molar-refractivity contribution is -0.155. The van der Waals surface area contributed by atoms with E-state index < -0.39 is 30.1 Å². The van der Waals surface area contributed by atoms with E-state index in [2.05, 4.69) is 5.32 Å². The minimum absolute atomic E-state index is 0.00272. The van der Waals surface area contributed by atoms with Crippen molar-refractivity contribution in [1.82, 2.24) is 10.2 Å². The van der Waals surface area contributed by atoms with Gasteiger partial charge in [-0.3, -0.25) is 0 Å². The number of carbonyl (C=O) groups is 3. The fourth-order valence-corrected chi connectivity index (χ4v) is 3.93. The molecule has 3 aromatic carbocycles. The second-order valence-corrected chi connectivity index (χ2v) is 9.52. The largest absolute Gasteiger partial charge is 0.480 e. The predicted molar refractivity (Wildman–Crippen MR) is 144 cm³/mol. The zero-order valence-corrected chi connectivity index (χ0v) is 21.6. The Bertz CT molecular complexity index is 1180. The molecule has 0 saturated carbocycles. The highest BCUT2D eigenvalue weighted by Gasteiger charge is 2.28. The van der Waals surface area contributed by atoms with Crippen LogP contribution in [0.15, 0.2) is 84.9 Å². The lowest BCUT2D eigenvalue weighted by Crippen LogP contribution is -2.52. The lowest BCUT2D eigenvalue weighted by Gasteiger charge is -2.28. The van der Waals surface area contributed by atoms with Gasteiger partial charge in [0.05, 0.1) is 6.54 Å². The summed E-state index contributed by atoms with van der Waals surface area (Å²) in [4.78, 5) is 38.6. The van der Waals surface area contributed by atoms with E-state index in [4.69, 9.17) is 4.74 Å². The topological polar surface area (TPSA) is 116 Å². The van der Waals surface area contributed by atoms with Gasteiger partial charge in [-0.2, -0.15) is 0 Å². The number of carboxylic acids is 1. The van der Waals surface area contributed by atoms with Gasteiger partial charge in [0.25, 0.3) is 0 Å². The average Bonchev–Trinajstić information content (AvgIpc) is 2.92. The molecular formula is C30H34N2O6. The summed E-state index contributed by atoms with van der Waals surface area (Å²) in [5.41, 5.74) is 3.57. The quantitative estimate of drug-likeness (QED) is 0.311. The third kappa shape index (κ3) is 8.74. The van der Waals surface area contributed by atoms with Gasteiger partial charge in [-0.25, -0.2) is 14.4 Å². The van der Waals surface area contributed by atoms with Gasteiger partial charge in [0.15, 0.2) is 6.10 Å². The number of hydrogen-bond acceptors (Lipinski definition) is 5. The monoisotopic (exact) mass is 518 g/mol. The first kappa shape index (κ1) is 28.4. The molecule has 0 fully saturated rings. The molecule has 200 valence electrons. The van der Waals surface area contributed by atoms with Crippen molar-refractivity contribution in [1.29, 1.82) is 0 Å². The Labute approximate surface area is 222 Å². The van der Waals surface area contributed by atoms with Crippen LogP contribution in [0, 0.1) is 5.92 Å². The highest BCUT2D eigenvalue weighted by atomic mass is 16.5. The Morgan fingerprint density at radius 3 is 1.97 bits per heavy atom. The molecule has 0 aromatic heterocycles. The number of benzene rings is 3. The van der Waals surface area contributed by atoms with Crippen LogP contribution in [0.5, 0.6) is 0 Å². The number of carbonyl (C=O) groups excluding carboxylic acids is 2. The second kappa shape index (κ2) is 13.9. The van der Waals surface area contributed by atoms with Gasteiger partial charge in [-0.05, 0) is 28.2 Å². The zero-order chi connectivity index (χ0) is 27.5. The van der Waals surface area contributed by atoms with Gasteiger partial charge in [-0.15, -0.1) is 0 Å². The molecule has 0 saturated heterocycles. The van der Waals surface area contributed by atoms with E-state index in [0.29, 0.717) is 0 Å². The van der Waals surface area contributed by atoms with Gasteiger partial charge in [0.1, 0.15) is 12.6 Å². The van der Waals surface area contributed by atoms with Crippen molar-refractivity contribution in [3.8, 4) is 11.1 Å². The SMILES string of the molecule is CC(C)CN(C[C@@H](O)C(=O)OCc1ccccc1)C(=O)N[C@H](Cc1ccc(-c2ccccc2)cc1)C(=O)O. The number of amides is 2. The first-order valence-electron chi connectivity index (χ1n) is 12.5. The van der Waals surface area contributed by atoms with Crippen LogP contribution in [0.4, 0.5) is 4.79 Å². The van der Waals surface area contributed by atoms with Crippen LogP contribution < -0.4 is 5.32 Å². The van der Waals surface area contributed by atoms with Crippen molar-refractivity contribution >= 4 is 18.0 Å². The lowest BCUT2D eigenvalue weighted by atomic mass is 10.0. The van der Waals surface area contributed by atoms with Crippen molar-refractivity contribution in [2.75, 3.05) is 13.1 Å². The molecule has 0 heterocycles. The number of aliphatic hydroxyl groups excluding tert-OH is 1. The Kier molecular flexibility index (Phi) is 10.4. The molecule has 38 heavy (non-hydrogen) atoms. The molecule has 8 heteroatoms. The first-order chi connectivity index (χ1) is 18.2. The fourth-order valence-electron chi connectivity index (χ4n) is 3.93. The number of aliphatic hydroxyl groups is 1. The summed E-state index contributed by atoms with van der Waals surface area (Å²) in [5, 5.41) is 22.7. The molecule has 0 aliphatic carbocycles. The van der Waals surface area contributed by atoms with E-state index in [0.717, 1.165) is 22.3 Å². The molecule has 8 nitrogen and oxygen atoms in total. The number of rotatable bonds is 12. The van der Waals surface area contributed by atoms with Gasteiger partial charge in [-0.1, -0.05) is 98.8 Å². The molecule has 2 atom stereocenters. The van der Waals surface area contributed by atoms with Crippen LogP contribution in [0.25, 0.3) is 11.1 Å². The molecule has 0 spiro atoms. The molecule has 3 N–H and O–H groups in total. The Morgan fingerprint density at radius 1 is 0.816 bits per heavy atom. The molecule has 0 unspecified atom stereocenters. The third-order valence-corrected chi connectivity index (χ3v) is 5.86. The Balaban J connectivity index is 1.61. The Hall–Kier alpha value is -4.17. The van der Waals surface area contributed by atoms with Crippen molar-refractivity contribution in [3.05, 3.63) is 96.1 Å². The van der Waals surface area contributed by atoms with Crippen LogP contribution in [0.2, 0.25) is 0 Å². The van der Waals surface area contributed by atoms with E-state index in [1.54, 1.807) is 12.1 Å². The van der Waals surface area contributed by atoms with E-state index in [-0.39, 0.29) is 32.0 Å². The highest BCUT2D eigenvalue weighted by Crippen LogP contribution is 2.20. The molecule has 0 aliphatic heterocycles. The standard InChI is InChI=1S/C30H34N2O6/c1-21(2)18-32(19-27(33)29(36)38-20-23-9-5-3-6-10-23)30(37)31-26(28(34)35)17-22-13-15-25(16-14-22)24-11-7-4-8-12-24/h3-16,21,26-27,33H,17-20H2,1-2H3,(H,31,37)(H,34,35)/t26-,27-/m1/s1. The zero-order valence-electron chi connectivity index (χ0n) is 21.6. The maximum atomic E-state index is 13.0. The van der Waals surface area contributed by atoms with Gasteiger partial charge in [0, 0.05) is 13.0 Å². The minimum Gasteiger partial charge on any atom is -0.480 e. The van der Waals surface area contributed by atoms with Crippen LogP contribution in [-0.2, 0) is 27.4 Å². The van der Waals surface area contributed by atoms with Crippen molar-refractivity contribution in [2.24, 2.45) is 5.92 Å². The van der Waals surface area contributed by atoms with Crippen LogP contribution >= 0.6 is 0 Å². The second-order valence-electron chi connectivity index (χ2n) is 9.52. The number of nitrogens with zero attached hydrogens (tertiary/aromatic N) is 1. The van der Waals surface area contributed by atoms with Crippen LogP contribution in [-0.4, -0.2) is 58.3 Å². The summed E-state index contributed by atoms with van der Waals surface area (Å²) >= 11 is 0. The molecule has 0 bridgehead atoms. The maximum absolute atomic E-state index is 13.0. The van der Waals surface area contributed by atoms with Crippen LogP contribution in [0.1, 0.15) is 25.0 Å². The number of aliphatic carboxylic acids is 1. The number of ether oxygens (including phenoxy) is 1. The molecule has 0 radical (unpaired) electrons. The Morgan fingerprint density at radius 2 is 1.39 bits per heavy atom. The molecule has 0 aliphatic rings. The van der Waals surface area contributed by atoms with Gasteiger partial charge >= 0.3 is 18.0 Å². The highest BCUT2D eigenvalue weighted by molar-refractivity contribution is 5.83. The number of nitrogens with one attached hydrogen (secondary N) is 1. The molecule has 3 rings (SSSR count). The fraction of sp³-hybridized carbons (Fsp3) is 0.300. The van der Waals surface area contributed by atoms with Crippen molar-refractivity contribution in [2.45, 2.75) is 39.0 Å². The molecular weight excluding hydrogens is 484 g/mol. The van der Waals surface area contributed by atoms with Crippen molar-refractivity contribution in [3.63, 3.8) is 0 Å². The summed E-state index contributed by atoms with van der Waals surface area (Å²) < 4.78 is 5.17. The summed E-state index contributed by atoms with van der Waals surface area (Å²) in [6, 6.07) is 24.5. The number of urea groups is 1. The summed E-state index contributed by atoms with van der Waals surface area (Å²) in [5.74, 6) is -2.02. The summed E-state index contributed by atoms with van der Waals surface area (Å²) in [6.45, 7) is 3.65. The third-order valence-electron chi connectivity index (χ3n) is 5.86. The van der Waals surface area contributed by atoms with Gasteiger partial charge < -0.3 is 25.2 Å². The average molecular weight is 519 g/mol. The predicted octanol–water partition coefficient (Wildman–Crippen LogP) is 4.12.